The number of rotatable bonds is 6. The van der Waals surface area contributed by atoms with Crippen molar-refractivity contribution in [3.8, 4) is 10.4 Å². The molecule has 3 heterocycles. The van der Waals surface area contributed by atoms with Crippen LogP contribution < -0.4 is 5.32 Å². The van der Waals surface area contributed by atoms with Crippen LogP contribution in [0.2, 0.25) is 0 Å². The van der Waals surface area contributed by atoms with Crippen LogP contribution in [0.1, 0.15) is 6.42 Å². The molecule has 0 radical (unpaired) electrons. The van der Waals surface area contributed by atoms with Crippen LogP contribution in [0.15, 0.2) is 29.9 Å². The summed E-state index contributed by atoms with van der Waals surface area (Å²) in [5.41, 5.74) is 1.07. The molecule has 3 rings (SSSR count). The first-order valence-corrected chi connectivity index (χ1v) is 8.20. The molecule has 0 atom stereocenters. The number of ether oxygens (including phenoxy) is 1. The first kappa shape index (κ1) is 14.4. The maximum absolute atomic E-state index is 5.34. The summed E-state index contributed by atoms with van der Waals surface area (Å²) in [4.78, 5) is 12.4. The van der Waals surface area contributed by atoms with Gasteiger partial charge in [-0.05, 0) is 24.4 Å². The Hall–Kier alpha value is -1.50. The molecule has 0 aliphatic carbocycles. The molecular weight excluding hydrogens is 284 g/mol. The molecule has 0 spiro atoms. The van der Waals surface area contributed by atoms with Gasteiger partial charge in [-0.3, -0.25) is 4.90 Å². The molecule has 1 saturated heterocycles. The van der Waals surface area contributed by atoms with Crippen LogP contribution in [-0.4, -0.2) is 54.3 Å². The van der Waals surface area contributed by atoms with Crippen LogP contribution >= 0.6 is 11.3 Å². The summed E-state index contributed by atoms with van der Waals surface area (Å²) in [5, 5.41) is 5.34. The Morgan fingerprint density at radius 3 is 2.76 bits per heavy atom. The van der Waals surface area contributed by atoms with Crippen LogP contribution in [0.25, 0.3) is 10.4 Å². The first-order chi connectivity index (χ1) is 10.4. The molecule has 1 aliphatic rings. The zero-order valence-corrected chi connectivity index (χ0v) is 12.8. The fourth-order valence-electron chi connectivity index (χ4n) is 2.32. The summed E-state index contributed by atoms with van der Waals surface area (Å²) in [7, 11) is 0. The SMILES string of the molecule is c1csc(-c2cnc(NCCCN3CCOCC3)nc2)c1. The summed E-state index contributed by atoms with van der Waals surface area (Å²) in [6.45, 7) is 5.82. The van der Waals surface area contributed by atoms with Crippen molar-refractivity contribution in [2.75, 3.05) is 44.7 Å². The molecule has 1 N–H and O–H groups in total. The van der Waals surface area contributed by atoms with Crippen molar-refractivity contribution in [1.29, 1.82) is 0 Å². The Morgan fingerprint density at radius 1 is 1.24 bits per heavy atom. The summed E-state index contributed by atoms with van der Waals surface area (Å²) in [5.74, 6) is 0.706. The molecule has 0 saturated carbocycles. The number of thiophene rings is 1. The zero-order chi connectivity index (χ0) is 14.3. The minimum Gasteiger partial charge on any atom is -0.379 e. The van der Waals surface area contributed by atoms with Gasteiger partial charge < -0.3 is 10.1 Å². The van der Waals surface area contributed by atoms with Gasteiger partial charge in [0, 0.05) is 42.5 Å². The quantitative estimate of drug-likeness (QED) is 0.830. The second kappa shape index (κ2) is 7.49. The summed E-state index contributed by atoms with van der Waals surface area (Å²) in [6.07, 6.45) is 4.85. The van der Waals surface area contributed by atoms with Crippen molar-refractivity contribution in [2.24, 2.45) is 0 Å². The molecule has 0 unspecified atom stereocenters. The van der Waals surface area contributed by atoms with E-state index in [1.54, 1.807) is 11.3 Å². The van der Waals surface area contributed by atoms with E-state index < -0.39 is 0 Å². The number of morpholine rings is 1. The molecule has 1 fully saturated rings. The van der Waals surface area contributed by atoms with E-state index in [9.17, 15) is 0 Å². The van der Waals surface area contributed by atoms with Crippen molar-refractivity contribution in [1.82, 2.24) is 14.9 Å². The lowest BCUT2D eigenvalue weighted by molar-refractivity contribution is 0.0378. The maximum atomic E-state index is 5.34. The van der Waals surface area contributed by atoms with Gasteiger partial charge in [-0.15, -0.1) is 11.3 Å². The topological polar surface area (TPSA) is 50.3 Å². The Bertz CT molecular complexity index is 523. The normalized spacial score (nSPS) is 16.0. The lowest BCUT2D eigenvalue weighted by Crippen LogP contribution is -2.37. The molecule has 6 heteroatoms. The maximum Gasteiger partial charge on any atom is 0.222 e. The van der Waals surface area contributed by atoms with E-state index in [0.29, 0.717) is 5.95 Å². The van der Waals surface area contributed by atoms with Crippen LogP contribution in [0.3, 0.4) is 0 Å². The van der Waals surface area contributed by atoms with E-state index in [1.165, 1.54) is 4.88 Å². The summed E-state index contributed by atoms with van der Waals surface area (Å²) in [6, 6.07) is 4.12. The molecule has 5 nitrogen and oxygen atoms in total. The number of anilines is 1. The highest BCUT2D eigenvalue weighted by atomic mass is 32.1. The van der Waals surface area contributed by atoms with Crippen molar-refractivity contribution in [3.05, 3.63) is 29.9 Å². The third-order valence-electron chi connectivity index (χ3n) is 3.50. The molecular formula is C15H20N4OS. The van der Waals surface area contributed by atoms with E-state index in [0.717, 1.165) is 51.4 Å². The highest BCUT2D eigenvalue weighted by Crippen LogP contribution is 2.23. The lowest BCUT2D eigenvalue weighted by atomic mass is 10.3. The summed E-state index contributed by atoms with van der Waals surface area (Å²) >= 11 is 1.70. The van der Waals surface area contributed by atoms with Crippen LogP contribution in [0, 0.1) is 0 Å². The minimum absolute atomic E-state index is 0.706. The van der Waals surface area contributed by atoms with E-state index in [4.69, 9.17) is 4.74 Å². The second-order valence-electron chi connectivity index (χ2n) is 5.01. The predicted octanol–water partition coefficient (Wildman–Crippen LogP) is 2.34. The van der Waals surface area contributed by atoms with Gasteiger partial charge >= 0.3 is 0 Å². The highest BCUT2D eigenvalue weighted by molar-refractivity contribution is 7.13. The van der Waals surface area contributed by atoms with Gasteiger partial charge in [-0.1, -0.05) is 6.07 Å². The minimum atomic E-state index is 0.706. The van der Waals surface area contributed by atoms with Gasteiger partial charge in [0.05, 0.1) is 13.2 Å². The monoisotopic (exact) mass is 304 g/mol. The smallest absolute Gasteiger partial charge is 0.222 e. The fraction of sp³-hybridized carbons (Fsp3) is 0.467. The summed E-state index contributed by atoms with van der Waals surface area (Å²) < 4.78 is 5.34. The molecule has 0 bridgehead atoms. The highest BCUT2D eigenvalue weighted by Gasteiger charge is 2.09. The van der Waals surface area contributed by atoms with Gasteiger partial charge in [0.15, 0.2) is 0 Å². The average molecular weight is 304 g/mol. The fourth-order valence-corrected chi connectivity index (χ4v) is 3.02. The van der Waals surface area contributed by atoms with Gasteiger partial charge in [0.2, 0.25) is 5.95 Å². The predicted molar refractivity (Wildman–Crippen MR) is 85.7 cm³/mol. The third kappa shape index (κ3) is 4.23. The van der Waals surface area contributed by atoms with Gasteiger partial charge in [0.1, 0.15) is 0 Å². The Morgan fingerprint density at radius 2 is 2.05 bits per heavy atom. The molecule has 0 amide bonds. The number of aromatic nitrogens is 2. The lowest BCUT2D eigenvalue weighted by Gasteiger charge is -2.26. The standard InChI is InChI=1S/C15H20N4OS/c1-3-14(21-10-1)13-11-17-15(18-12-13)16-4-2-5-19-6-8-20-9-7-19/h1,3,10-12H,2,4-9H2,(H,16,17,18). The van der Waals surface area contributed by atoms with Crippen molar-refractivity contribution in [3.63, 3.8) is 0 Å². The Labute approximate surface area is 129 Å². The van der Waals surface area contributed by atoms with Crippen LogP contribution in [0.5, 0.6) is 0 Å². The molecule has 2 aromatic heterocycles. The van der Waals surface area contributed by atoms with E-state index >= 15 is 0 Å². The third-order valence-corrected chi connectivity index (χ3v) is 4.41. The van der Waals surface area contributed by atoms with Crippen molar-refractivity contribution < 1.29 is 4.74 Å². The van der Waals surface area contributed by atoms with Gasteiger partial charge in [-0.2, -0.15) is 0 Å². The molecule has 2 aromatic rings. The number of hydrogen-bond acceptors (Lipinski definition) is 6. The Balaban J connectivity index is 1.41. The second-order valence-corrected chi connectivity index (χ2v) is 5.95. The Kier molecular flexibility index (Phi) is 5.15. The van der Waals surface area contributed by atoms with Crippen molar-refractivity contribution >= 4 is 17.3 Å². The number of nitrogens with zero attached hydrogens (tertiary/aromatic N) is 3. The molecule has 1 aliphatic heterocycles. The van der Waals surface area contributed by atoms with Crippen LogP contribution in [0.4, 0.5) is 5.95 Å². The van der Waals surface area contributed by atoms with E-state index in [-0.39, 0.29) is 0 Å². The number of nitrogens with one attached hydrogen (secondary N) is 1. The van der Waals surface area contributed by atoms with Gasteiger partial charge in [0.25, 0.3) is 0 Å². The van der Waals surface area contributed by atoms with Crippen molar-refractivity contribution in [2.45, 2.75) is 6.42 Å². The van der Waals surface area contributed by atoms with Gasteiger partial charge in [-0.25, -0.2) is 9.97 Å². The molecule has 0 aromatic carbocycles. The molecule has 21 heavy (non-hydrogen) atoms. The average Bonchev–Trinajstić information content (AvgIpc) is 3.08. The largest absolute Gasteiger partial charge is 0.379 e. The number of hydrogen-bond donors (Lipinski definition) is 1. The van der Waals surface area contributed by atoms with E-state index in [1.807, 2.05) is 18.5 Å². The zero-order valence-electron chi connectivity index (χ0n) is 12.0. The molecule has 112 valence electrons. The first-order valence-electron chi connectivity index (χ1n) is 7.32. The van der Waals surface area contributed by atoms with Crippen LogP contribution in [-0.2, 0) is 4.74 Å². The van der Waals surface area contributed by atoms with E-state index in [2.05, 4.69) is 31.6 Å².